The van der Waals surface area contributed by atoms with Gasteiger partial charge in [-0.1, -0.05) is 12.1 Å². The summed E-state index contributed by atoms with van der Waals surface area (Å²) < 4.78 is 13.9. The van der Waals surface area contributed by atoms with E-state index in [0.717, 1.165) is 30.6 Å². The molecule has 1 aromatic rings. The van der Waals surface area contributed by atoms with E-state index in [-0.39, 0.29) is 5.82 Å². The third kappa shape index (κ3) is 2.44. The van der Waals surface area contributed by atoms with Gasteiger partial charge in [0.2, 0.25) is 0 Å². The van der Waals surface area contributed by atoms with Gasteiger partial charge < -0.3 is 10.2 Å². The van der Waals surface area contributed by atoms with Crippen LogP contribution in [-0.2, 0) is 0 Å². The van der Waals surface area contributed by atoms with Crippen molar-refractivity contribution in [2.45, 2.75) is 38.8 Å². The molecule has 17 heavy (non-hydrogen) atoms. The van der Waals surface area contributed by atoms with Gasteiger partial charge in [-0.3, -0.25) is 0 Å². The summed E-state index contributed by atoms with van der Waals surface area (Å²) in [5.41, 5.74) is 1.81. The van der Waals surface area contributed by atoms with Crippen molar-refractivity contribution in [3.63, 3.8) is 0 Å². The molecule has 2 atom stereocenters. The van der Waals surface area contributed by atoms with Crippen molar-refractivity contribution in [2.24, 2.45) is 0 Å². The lowest BCUT2D eigenvalue weighted by atomic mass is 9.97. The van der Waals surface area contributed by atoms with Gasteiger partial charge in [-0.05, 0) is 45.4 Å². The van der Waals surface area contributed by atoms with Gasteiger partial charge in [-0.2, -0.15) is 0 Å². The maximum atomic E-state index is 13.9. The molecule has 1 heterocycles. The molecule has 0 aliphatic carbocycles. The molecule has 1 aliphatic rings. The Morgan fingerprint density at radius 2 is 2.18 bits per heavy atom. The predicted octanol–water partition coefficient (Wildman–Crippen LogP) is 2.71. The second kappa shape index (κ2) is 5.05. The van der Waals surface area contributed by atoms with Crippen molar-refractivity contribution in [3.05, 3.63) is 29.6 Å². The fraction of sp³-hybridized carbons (Fsp3) is 0.571. The van der Waals surface area contributed by atoms with Crippen molar-refractivity contribution in [2.75, 3.05) is 18.5 Å². The molecule has 3 heteroatoms. The zero-order valence-corrected chi connectivity index (χ0v) is 10.8. The maximum absolute atomic E-state index is 13.9. The minimum Gasteiger partial charge on any atom is -0.366 e. The molecule has 94 valence electrons. The van der Waals surface area contributed by atoms with E-state index in [1.165, 1.54) is 0 Å². The molecule has 0 bridgehead atoms. The lowest BCUT2D eigenvalue weighted by Crippen LogP contribution is -2.47. The lowest BCUT2D eigenvalue weighted by molar-refractivity contribution is 0.383. The molecule has 1 N–H and O–H groups in total. The second-order valence-corrected chi connectivity index (χ2v) is 4.96. The summed E-state index contributed by atoms with van der Waals surface area (Å²) in [4.78, 5) is 2.21. The first-order valence-electron chi connectivity index (χ1n) is 6.32. The first-order valence-corrected chi connectivity index (χ1v) is 6.32. The summed E-state index contributed by atoms with van der Waals surface area (Å²) in [5.74, 6) is -0.0974. The average molecular weight is 236 g/mol. The number of nitrogens with zero attached hydrogens (tertiary/aromatic N) is 1. The van der Waals surface area contributed by atoms with Gasteiger partial charge in [-0.25, -0.2) is 4.39 Å². The Labute approximate surface area is 103 Å². The number of nitrogens with one attached hydrogen (secondary N) is 1. The number of benzene rings is 1. The number of halogens is 1. The molecule has 0 radical (unpaired) electrons. The summed E-state index contributed by atoms with van der Waals surface area (Å²) in [7, 11) is 2.00. The fourth-order valence-corrected chi connectivity index (χ4v) is 2.75. The Morgan fingerprint density at radius 3 is 2.76 bits per heavy atom. The molecule has 2 rings (SSSR count). The zero-order chi connectivity index (χ0) is 12.4. The molecule has 0 spiro atoms. The van der Waals surface area contributed by atoms with Crippen LogP contribution in [0.2, 0.25) is 0 Å². The van der Waals surface area contributed by atoms with Gasteiger partial charge in [0.15, 0.2) is 0 Å². The summed E-state index contributed by atoms with van der Waals surface area (Å²) in [6, 6.07) is 6.26. The number of hydrogen-bond donors (Lipinski definition) is 1. The van der Waals surface area contributed by atoms with Gasteiger partial charge in [-0.15, -0.1) is 0 Å². The normalized spacial score (nSPS) is 25.1. The highest BCUT2D eigenvalue weighted by Crippen LogP contribution is 2.29. The van der Waals surface area contributed by atoms with E-state index in [9.17, 15) is 4.39 Å². The van der Waals surface area contributed by atoms with Gasteiger partial charge in [0.25, 0.3) is 0 Å². The standard InChI is InChI=1S/C14H21FN2/c1-10-5-4-6-13(15)14(10)17-8-7-12(16-3)9-11(17)2/h4-6,11-12,16H,7-9H2,1-3H3. The molecule has 0 saturated carbocycles. The molecule has 1 aliphatic heterocycles. The minimum absolute atomic E-state index is 0.0974. The third-order valence-electron chi connectivity index (χ3n) is 3.76. The predicted molar refractivity (Wildman–Crippen MR) is 70.0 cm³/mol. The van der Waals surface area contributed by atoms with Crippen molar-refractivity contribution in [1.29, 1.82) is 0 Å². The van der Waals surface area contributed by atoms with Crippen LogP contribution in [-0.4, -0.2) is 25.7 Å². The van der Waals surface area contributed by atoms with Crippen molar-refractivity contribution >= 4 is 5.69 Å². The molecule has 1 aromatic carbocycles. The van der Waals surface area contributed by atoms with E-state index in [0.29, 0.717) is 12.1 Å². The quantitative estimate of drug-likeness (QED) is 0.849. The van der Waals surface area contributed by atoms with Gasteiger partial charge >= 0.3 is 0 Å². The van der Waals surface area contributed by atoms with E-state index in [4.69, 9.17) is 0 Å². The number of para-hydroxylation sites is 1. The highest BCUT2D eigenvalue weighted by atomic mass is 19.1. The van der Waals surface area contributed by atoms with E-state index in [1.54, 1.807) is 12.1 Å². The molecule has 1 saturated heterocycles. The van der Waals surface area contributed by atoms with E-state index >= 15 is 0 Å². The van der Waals surface area contributed by atoms with Crippen LogP contribution in [0.3, 0.4) is 0 Å². The summed E-state index contributed by atoms with van der Waals surface area (Å²) in [6.07, 6.45) is 2.15. The molecule has 2 nitrogen and oxygen atoms in total. The van der Waals surface area contributed by atoms with Crippen LogP contribution in [0.25, 0.3) is 0 Å². The topological polar surface area (TPSA) is 15.3 Å². The average Bonchev–Trinajstić information content (AvgIpc) is 2.30. The molecular weight excluding hydrogens is 215 g/mol. The largest absolute Gasteiger partial charge is 0.366 e. The smallest absolute Gasteiger partial charge is 0.146 e. The van der Waals surface area contributed by atoms with Gasteiger partial charge in [0, 0.05) is 18.6 Å². The maximum Gasteiger partial charge on any atom is 0.146 e. The van der Waals surface area contributed by atoms with Crippen LogP contribution < -0.4 is 10.2 Å². The molecular formula is C14H21FN2. The number of piperidine rings is 1. The zero-order valence-electron chi connectivity index (χ0n) is 10.8. The van der Waals surface area contributed by atoms with Crippen LogP contribution in [0, 0.1) is 12.7 Å². The summed E-state index contributed by atoms with van der Waals surface area (Å²) >= 11 is 0. The van der Waals surface area contributed by atoms with Crippen molar-refractivity contribution in [3.8, 4) is 0 Å². The van der Waals surface area contributed by atoms with Crippen LogP contribution >= 0.6 is 0 Å². The van der Waals surface area contributed by atoms with Gasteiger partial charge in [0.1, 0.15) is 5.82 Å². The summed E-state index contributed by atoms with van der Waals surface area (Å²) in [6.45, 7) is 5.08. The number of rotatable bonds is 2. The first kappa shape index (κ1) is 12.4. The highest BCUT2D eigenvalue weighted by molar-refractivity contribution is 5.55. The monoisotopic (exact) mass is 236 g/mol. The van der Waals surface area contributed by atoms with Crippen LogP contribution in [0.1, 0.15) is 25.3 Å². The Morgan fingerprint density at radius 1 is 1.41 bits per heavy atom. The number of hydrogen-bond acceptors (Lipinski definition) is 2. The Hall–Kier alpha value is -1.09. The van der Waals surface area contributed by atoms with Gasteiger partial charge in [0.05, 0.1) is 5.69 Å². The van der Waals surface area contributed by atoms with E-state index in [2.05, 4.69) is 17.1 Å². The lowest BCUT2D eigenvalue weighted by Gasteiger charge is -2.40. The molecule has 0 amide bonds. The summed E-state index contributed by atoms with van der Waals surface area (Å²) in [5, 5.41) is 3.32. The number of anilines is 1. The molecule has 2 unspecified atom stereocenters. The minimum atomic E-state index is -0.0974. The Bertz CT molecular complexity index is 372. The SMILES string of the molecule is CNC1CCN(c2c(C)cccc2F)C(C)C1. The molecule has 0 aromatic heterocycles. The first-order chi connectivity index (χ1) is 8.13. The Kier molecular flexibility index (Phi) is 3.67. The van der Waals surface area contributed by atoms with Crippen molar-refractivity contribution in [1.82, 2.24) is 5.32 Å². The second-order valence-electron chi connectivity index (χ2n) is 4.96. The highest BCUT2D eigenvalue weighted by Gasteiger charge is 2.27. The molecule has 1 fully saturated rings. The Balaban J connectivity index is 2.23. The number of aryl methyl sites for hydroxylation is 1. The van der Waals surface area contributed by atoms with E-state index in [1.807, 2.05) is 20.0 Å². The third-order valence-corrected chi connectivity index (χ3v) is 3.76. The van der Waals surface area contributed by atoms with Crippen molar-refractivity contribution < 1.29 is 4.39 Å². The van der Waals surface area contributed by atoms with Crippen LogP contribution in [0.5, 0.6) is 0 Å². The van der Waals surface area contributed by atoms with Crippen LogP contribution in [0.4, 0.5) is 10.1 Å². The van der Waals surface area contributed by atoms with Crippen LogP contribution in [0.15, 0.2) is 18.2 Å². The van der Waals surface area contributed by atoms with E-state index < -0.39 is 0 Å². The fourth-order valence-electron chi connectivity index (χ4n) is 2.75.